The first-order chi connectivity index (χ1) is 5.18. The van der Waals surface area contributed by atoms with Crippen LogP contribution in [0.4, 0.5) is 0 Å². The molecule has 1 saturated carbocycles. The van der Waals surface area contributed by atoms with Gasteiger partial charge in [-0.1, -0.05) is 0 Å². The van der Waals surface area contributed by atoms with Gasteiger partial charge in [0, 0.05) is 19.3 Å². The van der Waals surface area contributed by atoms with Crippen LogP contribution in [0, 0.1) is 5.92 Å². The second-order valence-electron chi connectivity index (χ2n) is 3.39. The minimum atomic E-state index is 0.240. The van der Waals surface area contributed by atoms with Gasteiger partial charge in [0.2, 0.25) is 0 Å². The predicted molar refractivity (Wildman–Crippen MR) is 42.3 cm³/mol. The van der Waals surface area contributed by atoms with Crippen molar-refractivity contribution in [1.82, 2.24) is 0 Å². The van der Waals surface area contributed by atoms with E-state index in [4.69, 9.17) is 0 Å². The Hall–Kier alpha value is -0.660. The highest BCUT2D eigenvalue weighted by Crippen LogP contribution is 2.25. The van der Waals surface area contributed by atoms with Gasteiger partial charge in [0.15, 0.2) is 0 Å². The van der Waals surface area contributed by atoms with Gasteiger partial charge in [-0.3, -0.25) is 4.79 Å². The Kier molecular flexibility index (Phi) is 2.80. The first-order valence-corrected chi connectivity index (χ1v) is 4.19. The van der Waals surface area contributed by atoms with Crippen LogP contribution in [0.15, 0.2) is 0 Å². The maximum absolute atomic E-state index is 10.8. The van der Waals surface area contributed by atoms with Gasteiger partial charge in [0.05, 0.1) is 0 Å². The molecule has 0 amide bonds. The molecule has 62 valence electrons. The maximum Gasteiger partial charge on any atom is 0.133 e. The smallest absolute Gasteiger partial charge is 0.133 e. The summed E-state index contributed by atoms with van der Waals surface area (Å²) in [5.74, 6) is 1.12. The van der Waals surface area contributed by atoms with E-state index < -0.39 is 0 Å². The Balaban J connectivity index is 2.18. The summed E-state index contributed by atoms with van der Waals surface area (Å²) in [5.41, 5.74) is 0. The molecule has 0 N–H and O–H groups in total. The van der Waals surface area contributed by atoms with E-state index in [0.29, 0.717) is 24.5 Å². The van der Waals surface area contributed by atoms with Crippen molar-refractivity contribution in [3.63, 3.8) is 0 Å². The SMILES string of the molecule is CC(=O)CC[C@H]1CCC(=O)C1. The lowest BCUT2D eigenvalue weighted by Crippen LogP contribution is -1.99. The van der Waals surface area contributed by atoms with Crippen LogP contribution in [0.5, 0.6) is 0 Å². The summed E-state index contributed by atoms with van der Waals surface area (Å²) in [4.78, 5) is 21.4. The summed E-state index contributed by atoms with van der Waals surface area (Å²) in [6.07, 6.45) is 4.03. The molecule has 0 radical (unpaired) electrons. The number of hydrogen-bond acceptors (Lipinski definition) is 2. The number of ketones is 2. The van der Waals surface area contributed by atoms with E-state index >= 15 is 0 Å². The molecule has 11 heavy (non-hydrogen) atoms. The fraction of sp³-hybridized carbons (Fsp3) is 0.778. The molecule has 0 bridgehead atoms. The molecule has 0 aromatic carbocycles. The predicted octanol–water partition coefficient (Wildman–Crippen LogP) is 1.72. The molecule has 1 aliphatic rings. The largest absolute Gasteiger partial charge is 0.300 e. The summed E-state index contributed by atoms with van der Waals surface area (Å²) in [6.45, 7) is 1.61. The van der Waals surface area contributed by atoms with Crippen molar-refractivity contribution >= 4 is 11.6 Å². The molecule has 0 heterocycles. The highest BCUT2D eigenvalue weighted by atomic mass is 16.1. The molecular formula is C9H14O2. The van der Waals surface area contributed by atoms with E-state index in [9.17, 15) is 9.59 Å². The summed E-state index contributed by atoms with van der Waals surface area (Å²) in [7, 11) is 0. The molecule has 0 unspecified atom stereocenters. The molecule has 2 nitrogen and oxygen atoms in total. The molecule has 2 heteroatoms. The molecule has 1 atom stereocenters. The van der Waals surface area contributed by atoms with Crippen molar-refractivity contribution in [1.29, 1.82) is 0 Å². The van der Waals surface area contributed by atoms with Gasteiger partial charge in [-0.05, 0) is 25.7 Å². The standard InChI is InChI=1S/C9H14O2/c1-7(10)2-3-8-4-5-9(11)6-8/h8H,2-6H2,1H3/t8-/m0/s1. The lowest BCUT2D eigenvalue weighted by atomic mass is 10.0. The first-order valence-electron chi connectivity index (χ1n) is 4.19. The summed E-state index contributed by atoms with van der Waals surface area (Å²) in [6, 6.07) is 0. The average molecular weight is 154 g/mol. The van der Waals surface area contributed by atoms with Gasteiger partial charge in [0.1, 0.15) is 11.6 Å². The van der Waals surface area contributed by atoms with Crippen molar-refractivity contribution < 1.29 is 9.59 Å². The van der Waals surface area contributed by atoms with Crippen molar-refractivity contribution in [3.05, 3.63) is 0 Å². The Morgan fingerprint density at radius 3 is 2.82 bits per heavy atom. The number of Topliss-reactive ketones (excluding diaryl/α,β-unsaturated/α-hetero) is 2. The number of hydrogen-bond donors (Lipinski definition) is 0. The Morgan fingerprint density at radius 2 is 2.36 bits per heavy atom. The monoisotopic (exact) mass is 154 g/mol. The summed E-state index contributed by atoms with van der Waals surface area (Å²) < 4.78 is 0. The third-order valence-electron chi connectivity index (χ3n) is 2.25. The molecule has 0 aromatic rings. The zero-order chi connectivity index (χ0) is 8.27. The molecule has 0 saturated heterocycles. The van der Waals surface area contributed by atoms with Gasteiger partial charge >= 0.3 is 0 Å². The normalized spacial score (nSPS) is 24.1. The quantitative estimate of drug-likeness (QED) is 0.620. The lowest BCUT2D eigenvalue weighted by Gasteiger charge is -2.03. The molecule has 0 aromatic heterocycles. The number of carbonyl (C=O) groups excluding carboxylic acids is 2. The van der Waals surface area contributed by atoms with Crippen LogP contribution in [-0.2, 0) is 9.59 Å². The highest BCUT2D eigenvalue weighted by molar-refractivity contribution is 5.81. The first kappa shape index (κ1) is 8.44. The number of rotatable bonds is 3. The zero-order valence-electron chi connectivity index (χ0n) is 6.93. The van der Waals surface area contributed by atoms with E-state index in [2.05, 4.69) is 0 Å². The van der Waals surface area contributed by atoms with Crippen LogP contribution >= 0.6 is 0 Å². The van der Waals surface area contributed by atoms with Gasteiger partial charge in [0.25, 0.3) is 0 Å². The van der Waals surface area contributed by atoms with Crippen molar-refractivity contribution in [3.8, 4) is 0 Å². The van der Waals surface area contributed by atoms with E-state index in [1.54, 1.807) is 6.92 Å². The molecule has 1 rings (SSSR count). The Labute approximate surface area is 67.0 Å². The van der Waals surface area contributed by atoms with Crippen LogP contribution in [0.2, 0.25) is 0 Å². The van der Waals surface area contributed by atoms with Crippen LogP contribution in [0.25, 0.3) is 0 Å². The van der Waals surface area contributed by atoms with Gasteiger partial charge in [-0.2, -0.15) is 0 Å². The van der Waals surface area contributed by atoms with E-state index in [0.717, 1.165) is 19.3 Å². The van der Waals surface area contributed by atoms with Gasteiger partial charge < -0.3 is 4.79 Å². The third kappa shape index (κ3) is 2.83. The topological polar surface area (TPSA) is 34.1 Å². The second-order valence-corrected chi connectivity index (χ2v) is 3.39. The minimum Gasteiger partial charge on any atom is -0.300 e. The van der Waals surface area contributed by atoms with Gasteiger partial charge in [-0.15, -0.1) is 0 Å². The molecular weight excluding hydrogens is 140 g/mol. The third-order valence-corrected chi connectivity index (χ3v) is 2.25. The summed E-state index contributed by atoms with van der Waals surface area (Å²) in [5, 5.41) is 0. The van der Waals surface area contributed by atoms with E-state index in [1.807, 2.05) is 0 Å². The zero-order valence-corrected chi connectivity index (χ0v) is 6.93. The van der Waals surface area contributed by atoms with Crippen LogP contribution in [0.1, 0.15) is 39.0 Å². The average Bonchev–Trinajstić information content (AvgIpc) is 2.31. The summed E-state index contributed by atoms with van der Waals surface area (Å²) >= 11 is 0. The fourth-order valence-corrected chi connectivity index (χ4v) is 1.54. The number of carbonyl (C=O) groups is 2. The van der Waals surface area contributed by atoms with Crippen LogP contribution in [0.3, 0.4) is 0 Å². The Morgan fingerprint density at radius 1 is 1.64 bits per heavy atom. The van der Waals surface area contributed by atoms with E-state index in [-0.39, 0.29) is 5.78 Å². The minimum absolute atomic E-state index is 0.240. The Bertz CT molecular complexity index is 172. The second kappa shape index (κ2) is 3.65. The molecule has 1 aliphatic carbocycles. The van der Waals surface area contributed by atoms with Gasteiger partial charge in [-0.25, -0.2) is 0 Å². The molecule has 1 fully saturated rings. The van der Waals surface area contributed by atoms with Crippen LogP contribution in [-0.4, -0.2) is 11.6 Å². The van der Waals surface area contributed by atoms with Crippen molar-refractivity contribution in [2.24, 2.45) is 5.92 Å². The lowest BCUT2D eigenvalue weighted by molar-refractivity contribution is -0.119. The molecule has 0 aliphatic heterocycles. The molecule has 0 spiro atoms. The van der Waals surface area contributed by atoms with Crippen molar-refractivity contribution in [2.45, 2.75) is 39.0 Å². The van der Waals surface area contributed by atoms with E-state index in [1.165, 1.54) is 0 Å². The maximum atomic E-state index is 10.8. The van der Waals surface area contributed by atoms with Crippen molar-refractivity contribution in [2.75, 3.05) is 0 Å². The van der Waals surface area contributed by atoms with Crippen LogP contribution < -0.4 is 0 Å². The highest BCUT2D eigenvalue weighted by Gasteiger charge is 2.21. The fourth-order valence-electron chi connectivity index (χ4n) is 1.54.